The van der Waals surface area contributed by atoms with Crippen LogP contribution in [0.2, 0.25) is 0 Å². The number of ether oxygens (including phenoxy) is 1. The van der Waals surface area contributed by atoms with Gasteiger partial charge in [0.2, 0.25) is 5.88 Å². The Balaban J connectivity index is 2.24. The maximum Gasteiger partial charge on any atom is 0.218 e. The van der Waals surface area contributed by atoms with Crippen molar-refractivity contribution in [2.75, 3.05) is 12.4 Å². The number of aryl methyl sites for hydroxylation is 2. The molecule has 0 saturated heterocycles. The molecule has 0 aromatic carbocycles. The van der Waals surface area contributed by atoms with Crippen LogP contribution in [0.1, 0.15) is 5.82 Å². The molecular weight excluding hydrogens is 206 g/mol. The predicted molar refractivity (Wildman–Crippen MR) is 59.8 cm³/mol. The standard InChI is InChI=1S/C10H13N5O/c1-7-12-9(4-10(13-7)16-3)14-8-5-11-15(2)6-8/h4-6H,1-3H3,(H,12,13,14). The molecule has 2 rings (SSSR count). The van der Waals surface area contributed by atoms with E-state index in [1.54, 1.807) is 24.1 Å². The van der Waals surface area contributed by atoms with Crippen molar-refractivity contribution in [1.29, 1.82) is 0 Å². The van der Waals surface area contributed by atoms with Gasteiger partial charge < -0.3 is 10.1 Å². The maximum absolute atomic E-state index is 5.07. The Bertz CT molecular complexity index is 494. The molecule has 6 heteroatoms. The summed E-state index contributed by atoms with van der Waals surface area (Å²) in [5, 5.41) is 7.18. The molecule has 6 nitrogen and oxygen atoms in total. The van der Waals surface area contributed by atoms with Gasteiger partial charge in [0.15, 0.2) is 0 Å². The summed E-state index contributed by atoms with van der Waals surface area (Å²) >= 11 is 0. The van der Waals surface area contributed by atoms with Crippen molar-refractivity contribution in [2.24, 2.45) is 7.05 Å². The largest absolute Gasteiger partial charge is 0.481 e. The van der Waals surface area contributed by atoms with E-state index in [4.69, 9.17) is 4.74 Å². The van der Waals surface area contributed by atoms with Crippen molar-refractivity contribution in [2.45, 2.75) is 6.92 Å². The van der Waals surface area contributed by atoms with Gasteiger partial charge in [-0.3, -0.25) is 4.68 Å². The number of hydrogen-bond acceptors (Lipinski definition) is 5. The minimum atomic E-state index is 0.541. The molecule has 2 heterocycles. The third-order valence-electron chi connectivity index (χ3n) is 2.00. The van der Waals surface area contributed by atoms with Crippen LogP contribution in [0.15, 0.2) is 18.5 Å². The van der Waals surface area contributed by atoms with Gasteiger partial charge in [0.05, 0.1) is 19.0 Å². The zero-order valence-electron chi connectivity index (χ0n) is 9.43. The Morgan fingerprint density at radius 2 is 2.19 bits per heavy atom. The van der Waals surface area contributed by atoms with E-state index in [9.17, 15) is 0 Å². The number of aromatic nitrogens is 4. The van der Waals surface area contributed by atoms with Crippen LogP contribution in [0.5, 0.6) is 5.88 Å². The first-order valence-corrected chi connectivity index (χ1v) is 4.83. The van der Waals surface area contributed by atoms with Crippen LogP contribution in [0, 0.1) is 6.92 Å². The van der Waals surface area contributed by atoms with Crippen LogP contribution in [-0.2, 0) is 7.05 Å². The van der Waals surface area contributed by atoms with E-state index >= 15 is 0 Å². The number of anilines is 2. The highest BCUT2D eigenvalue weighted by atomic mass is 16.5. The molecule has 2 aromatic rings. The molecule has 0 aliphatic heterocycles. The molecule has 84 valence electrons. The highest BCUT2D eigenvalue weighted by Gasteiger charge is 2.03. The van der Waals surface area contributed by atoms with Gasteiger partial charge in [-0.1, -0.05) is 0 Å². The van der Waals surface area contributed by atoms with Gasteiger partial charge in [-0.15, -0.1) is 0 Å². The molecule has 0 atom stereocenters. The van der Waals surface area contributed by atoms with Gasteiger partial charge >= 0.3 is 0 Å². The summed E-state index contributed by atoms with van der Waals surface area (Å²) in [5.41, 5.74) is 0.877. The lowest BCUT2D eigenvalue weighted by molar-refractivity contribution is 0.396. The Kier molecular flexibility index (Phi) is 2.72. The summed E-state index contributed by atoms with van der Waals surface area (Å²) < 4.78 is 6.78. The molecule has 2 aromatic heterocycles. The van der Waals surface area contributed by atoms with E-state index in [-0.39, 0.29) is 0 Å². The average molecular weight is 219 g/mol. The molecule has 0 aliphatic carbocycles. The average Bonchev–Trinajstić information content (AvgIpc) is 2.63. The van der Waals surface area contributed by atoms with Crippen molar-refractivity contribution in [3.05, 3.63) is 24.3 Å². The van der Waals surface area contributed by atoms with Crippen molar-refractivity contribution < 1.29 is 4.74 Å². The van der Waals surface area contributed by atoms with E-state index < -0.39 is 0 Å². The molecule has 0 unspecified atom stereocenters. The summed E-state index contributed by atoms with van der Waals surface area (Å²) in [7, 11) is 3.44. The van der Waals surface area contributed by atoms with Crippen LogP contribution in [0.25, 0.3) is 0 Å². The Morgan fingerprint density at radius 1 is 1.38 bits per heavy atom. The minimum absolute atomic E-state index is 0.541. The number of hydrogen-bond donors (Lipinski definition) is 1. The monoisotopic (exact) mass is 219 g/mol. The molecular formula is C10H13N5O. The molecule has 0 fully saturated rings. The number of rotatable bonds is 3. The Morgan fingerprint density at radius 3 is 2.81 bits per heavy atom. The molecule has 0 aliphatic rings. The first kappa shape index (κ1) is 10.4. The summed E-state index contributed by atoms with van der Waals surface area (Å²) in [6.45, 7) is 1.82. The first-order chi connectivity index (χ1) is 7.67. The second kappa shape index (κ2) is 4.18. The lowest BCUT2D eigenvalue weighted by Crippen LogP contribution is -1.98. The van der Waals surface area contributed by atoms with Gasteiger partial charge in [-0.2, -0.15) is 10.1 Å². The molecule has 0 saturated carbocycles. The molecule has 0 radical (unpaired) electrons. The fraction of sp³-hybridized carbons (Fsp3) is 0.300. The van der Waals surface area contributed by atoms with Crippen LogP contribution in [-0.4, -0.2) is 26.9 Å². The van der Waals surface area contributed by atoms with Gasteiger partial charge in [-0.25, -0.2) is 4.98 Å². The third kappa shape index (κ3) is 2.28. The zero-order valence-corrected chi connectivity index (χ0v) is 9.43. The molecule has 0 amide bonds. The van der Waals surface area contributed by atoms with Crippen LogP contribution in [0.4, 0.5) is 11.5 Å². The van der Waals surface area contributed by atoms with E-state index in [1.807, 2.05) is 20.2 Å². The molecule has 16 heavy (non-hydrogen) atoms. The summed E-state index contributed by atoms with van der Waals surface area (Å²) in [6, 6.07) is 1.74. The number of nitrogens with zero attached hydrogens (tertiary/aromatic N) is 4. The first-order valence-electron chi connectivity index (χ1n) is 4.83. The fourth-order valence-electron chi connectivity index (χ4n) is 1.34. The fourth-order valence-corrected chi connectivity index (χ4v) is 1.34. The number of nitrogens with one attached hydrogen (secondary N) is 1. The van der Waals surface area contributed by atoms with E-state index in [0.29, 0.717) is 17.5 Å². The van der Waals surface area contributed by atoms with Gasteiger partial charge in [0, 0.05) is 19.3 Å². The highest BCUT2D eigenvalue weighted by Crippen LogP contribution is 2.17. The van der Waals surface area contributed by atoms with E-state index in [1.165, 1.54) is 0 Å². The van der Waals surface area contributed by atoms with Gasteiger partial charge in [0.25, 0.3) is 0 Å². The van der Waals surface area contributed by atoms with Gasteiger partial charge in [0.1, 0.15) is 11.6 Å². The van der Waals surface area contributed by atoms with Crippen LogP contribution < -0.4 is 10.1 Å². The molecule has 0 spiro atoms. The maximum atomic E-state index is 5.07. The quantitative estimate of drug-likeness (QED) is 0.842. The Labute approximate surface area is 93.3 Å². The summed E-state index contributed by atoms with van der Waals surface area (Å²) in [5.74, 6) is 1.89. The SMILES string of the molecule is COc1cc(Nc2cnn(C)c2)nc(C)n1. The normalized spacial score (nSPS) is 10.2. The van der Waals surface area contributed by atoms with Crippen molar-refractivity contribution >= 4 is 11.5 Å². The van der Waals surface area contributed by atoms with E-state index in [0.717, 1.165) is 5.69 Å². The predicted octanol–water partition coefficient (Wildman–Crippen LogP) is 1.27. The minimum Gasteiger partial charge on any atom is -0.481 e. The van der Waals surface area contributed by atoms with Crippen molar-refractivity contribution in [3.8, 4) is 5.88 Å². The van der Waals surface area contributed by atoms with E-state index in [2.05, 4.69) is 20.4 Å². The van der Waals surface area contributed by atoms with Crippen LogP contribution >= 0.6 is 0 Å². The lowest BCUT2D eigenvalue weighted by atomic mass is 10.5. The second-order valence-corrected chi connectivity index (χ2v) is 3.37. The summed E-state index contributed by atoms with van der Waals surface area (Å²) in [6.07, 6.45) is 3.59. The molecule has 0 bridgehead atoms. The van der Waals surface area contributed by atoms with Crippen LogP contribution in [0.3, 0.4) is 0 Å². The molecule has 1 N–H and O–H groups in total. The van der Waals surface area contributed by atoms with Crippen molar-refractivity contribution in [3.63, 3.8) is 0 Å². The third-order valence-corrected chi connectivity index (χ3v) is 2.00. The highest BCUT2D eigenvalue weighted by molar-refractivity contribution is 5.54. The Hall–Kier alpha value is -2.11. The zero-order chi connectivity index (χ0) is 11.5. The second-order valence-electron chi connectivity index (χ2n) is 3.37. The topological polar surface area (TPSA) is 64.9 Å². The summed E-state index contributed by atoms with van der Waals surface area (Å²) in [4.78, 5) is 8.35. The van der Waals surface area contributed by atoms with Gasteiger partial charge in [-0.05, 0) is 6.92 Å². The smallest absolute Gasteiger partial charge is 0.218 e. The van der Waals surface area contributed by atoms with Crippen molar-refractivity contribution in [1.82, 2.24) is 19.7 Å². The lowest BCUT2D eigenvalue weighted by Gasteiger charge is -2.05. The number of methoxy groups -OCH3 is 1.